The Morgan fingerprint density at radius 1 is 0.265 bits per heavy atom. The van der Waals surface area contributed by atoms with Gasteiger partial charge in [0.05, 0.1) is 0 Å². The summed E-state index contributed by atoms with van der Waals surface area (Å²) in [6, 6.07) is 76.0. The minimum absolute atomic E-state index is 1.07. The molecule has 0 fully saturated rings. The normalized spacial score (nSPS) is 13.0. The van der Waals surface area contributed by atoms with Gasteiger partial charge in [-0.05, 0) is 186 Å². The summed E-state index contributed by atoms with van der Waals surface area (Å²) in [4.78, 5) is 0. The summed E-state index contributed by atoms with van der Waals surface area (Å²) < 4.78 is 0. The van der Waals surface area contributed by atoms with Crippen molar-refractivity contribution in [3.8, 4) is 22.3 Å². The van der Waals surface area contributed by atoms with Gasteiger partial charge in [0.15, 0.2) is 0 Å². The fourth-order valence-electron chi connectivity index (χ4n) is 10.3. The van der Waals surface area contributed by atoms with Crippen LogP contribution < -0.4 is 0 Å². The van der Waals surface area contributed by atoms with Gasteiger partial charge in [0.25, 0.3) is 0 Å². The summed E-state index contributed by atoms with van der Waals surface area (Å²) in [6.07, 6.45) is 17.9. The Morgan fingerprint density at radius 2 is 0.574 bits per heavy atom. The van der Waals surface area contributed by atoms with Crippen molar-refractivity contribution >= 4 is 47.6 Å². The number of hydrogen-bond acceptors (Lipinski definition) is 0. The summed E-state index contributed by atoms with van der Waals surface area (Å²) in [7, 11) is 0. The highest BCUT2D eigenvalue weighted by molar-refractivity contribution is 5.95. The molecule has 9 aromatic rings. The Balaban J connectivity index is 0.783. The molecule has 326 valence electrons. The number of hydrogen-bond donors (Lipinski definition) is 0. The van der Waals surface area contributed by atoms with Crippen molar-refractivity contribution in [3.63, 3.8) is 0 Å². The number of fused-ring (bicyclic) bond motifs is 4. The SMILES string of the molecule is Cc1cc(-c2cccc(C=Cc3ccc(C=C4c5ccccc5CCc5ccccc54)cc3)c2)c(C)cc1-c1cccc(C=Cc2ccc(C=C3c4ccccc4CCc4ccccc43)cc2)c1. The molecule has 68 heavy (non-hydrogen) atoms. The number of benzene rings is 9. The molecule has 2 aliphatic rings. The van der Waals surface area contributed by atoms with Gasteiger partial charge in [0, 0.05) is 0 Å². The zero-order valence-corrected chi connectivity index (χ0v) is 38.9. The van der Waals surface area contributed by atoms with Crippen LogP contribution in [0.3, 0.4) is 0 Å². The first-order chi connectivity index (χ1) is 33.5. The molecular formula is C68H54. The highest BCUT2D eigenvalue weighted by Gasteiger charge is 2.19. The molecule has 0 unspecified atom stereocenters. The van der Waals surface area contributed by atoms with E-state index in [1.807, 2.05) is 0 Å². The third kappa shape index (κ3) is 9.07. The fraction of sp³-hybridized carbons (Fsp3) is 0.0882. The van der Waals surface area contributed by atoms with E-state index < -0.39 is 0 Å². The van der Waals surface area contributed by atoms with Crippen molar-refractivity contribution in [2.24, 2.45) is 0 Å². The molecule has 0 heteroatoms. The van der Waals surface area contributed by atoms with Crippen LogP contribution in [-0.2, 0) is 25.7 Å². The second kappa shape index (κ2) is 19.0. The quantitative estimate of drug-likeness (QED) is 0.133. The minimum atomic E-state index is 1.07. The topological polar surface area (TPSA) is 0 Å². The molecule has 0 amide bonds. The number of rotatable bonds is 8. The Bertz CT molecular complexity index is 3110. The van der Waals surface area contributed by atoms with Crippen molar-refractivity contribution in [3.05, 3.63) is 295 Å². The van der Waals surface area contributed by atoms with Crippen LogP contribution in [0.1, 0.15) is 89.0 Å². The molecule has 0 heterocycles. The second-order valence-electron chi connectivity index (χ2n) is 18.5. The third-order valence-corrected chi connectivity index (χ3v) is 14.0. The van der Waals surface area contributed by atoms with Gasteiger partial charge in [0.2, 0.25) is 0 Å². The molecule has 0 spiro atoms. The Morgan fingerprint density at radius 3 is 0.926 bits per heavy atom. The molecule has 0 radical (unpaired) electrons. The highest BCUT2D eigenvalue weighted by atomic mass is 14.2. The maximum absolute atomic E-state index is 2.36. The maximum atomic E-state index is 2.36. The molecule has 2 aliphatic carbocycles. The summed E-state index contributed by atoms with van der Waals surface area (Å²) in [5, 5.41) is 0. The van der Waals surface area contributed by atoms with Crippen molar-refractivity contribution in [1.82, 2.24) is 0 Å². The highest BCUT2D eigenvalue weighted by Crippen LogP contribution is 2.38. The van der Waals surface area contributed by atoms with Gasteiger partial charge in [-0.3, -0.25) is 0 Å². The van der Waals surface area contributed by atoms with Gasteiger partial charge in [-0.2, -0.15) is 0 Å². The van der Waals surface area contributed by atoms with E-state index in [4.69, 9.17) is 0 Å². The molecule has 0 aliphatic heterocycles. The van der Waals surface area contributed by atoms with Gasteiger partial charge in [-0.1, -0.05) is 218 Å². The lowest BCUT2D eigenvalue weighted by Crippen LogP contribution is -1.92. The van der Waals surface area contributed by atoms with Crippen molar-refractivity contribution in [1.29, 1.82) is 0 Å². The average molecular weight is 871 g/mol. The maximum Gasteiger partial charge on any atom is -0.00999 e. The lowest BCUT2D eigenvalue weighted by atomic mass is 9.91. The van der Waals surface area contributed by atoms with E-state index in [0.717, 1.165) is 25.7 Å². The van der Waals surface area contributed by atoms with Crippen LogP contribution in [0.25, 0.3) is 69.9 Å². The Kier molecular flexibility index (Phi) is 11.9. The number of aryl methyl sites for hydroxylation is 6. The molecule has 0 bridgehead atoms. The molecule has 0 saturated heterocycles. The van der Waals surface area contributed by atoms with Gasteiger partial charge in [0.1, 0.15) is 0 Å². The van der Waals surface area contributed by atoms with E-state index in [9.17, 15) is 0 Å². The molecule has 0 N–H and O–H groups in total. The van der Waals surface area contributed by atoms with Crippen LogP contribution in [0.15, 0.2) is 206 Å². The van der Waals surface area contributed by atoms with Gasteiger partial charge < -0.3 is 0 Å². The fourth-order valence-corrected chi connectivity index (χ4v) is 10.3. The van der Waals surface area contributed by atoms with Crippen LogP contribution in [-0.4, -0.2) is 0 Å². The Hall–Kier alpha value is -8.06. The molecule has 0 saturated carbocycles. The minimum Gasteiger partial charge on any atom is -0.0620 e. The van der Waals surface area contributed by atoms with E-state index in [1.54, 1.807) is 0 Å². The smallest absolute Gasteiger partial charge is 0.00999 e. The molecular weight excluding hydrogens is 817 g/mol. The Labute approximate surface area is 402 Å². The lowest BCUT2D eigenvalue weighted by molar-refractivity contribution is 0.965. The van der Waals surface area contributed by atoms with Crippen LogP contribution in [0, 0.1) is 13.8 Å². The monoisotopic (exact) mass is 870 g/mol. The van der Waals surface area contributed by atoms with E-state index in [-0.39, 0.29) is 0 Å². The molecule has 11 rings (SSSR count). The van der Waals surface area contributed by atoms with Crippen molar-refractivity contribution < 1.29 is 0 Å². The molecule has 0 aromatic heterocycles. The summed E-state index contributed by atoms with van der Waals surface area (Å²) >= 11 is 0. The van der Waals surface area contributed by atoms with Gasteiger partial charge in [-0.15, -0.1) is 0 Å². The first-order valence-corrected chi connectivity index (χ1v) is 24.1. The first-order valence-electron chi connectivity index (χ1n) is 24.1. The van der Waals surface area contributed by atoms with E-state index >= 15 is 0 Å². The van der Waals surface area contributed by atoms with Gasteiger partial charge in [-0.25, -0.2) is 0 Å². The van der Waals surface area contributed by atoms with Crippen LogP contribution in [0.4, 0.5) is 0 Å². The largest absolute Gasteiger partial charge is 0.0620 e. The zero-order chi connectivity index (χ0) is 45.8. The third-order valence-electron chi connectivity index (χ3n) is 14.0. The summed E-state index contributed by atoms with van der Waals surface area (Å²) in [5.74, 6) is 0. The van der Waals surface area contributed by atoms with Crippen LogP contribution in [0.5, 0.6) is 0 Å². The van der Waals surface area contributed by atoms with E-state index in [0.29, 0.717) is 0 Å². The zero-order valence-electron chi connectivity index (χ0n) is 38.9. The summed E-state index contributed by atoms with van der Waals surface area (Å²) in [6.45, 7) is 4.47. The van der Waals surface area contributed by atoms with E-state index in [1.165, 1.54) is 122 Å². The lowest BCUT2D eigenvalue weighted by Gasteiger charge is -2.14. The standard InChI is InChI=1S/C68H54/c1-47-41-66(60-20-12-14-52(44-60)32-26-50-29-35-54(36-30-50)46-68-63-23-9-5-17-57(63)39-40-58-18-6-10-24-64(58)68)48(2)42-65(47)59-19-11-13-51(43-59)31-25-49-27-33-53(34-28-49)45-67-61-21-7-3-15-55(61)37-38-56-16-4-8-22-62(56)67/h3-36,41-46H,37-40H2,1-2H3. The second-order valence-corrected chi connectivity index (χ2v) is 18.5. The molecule has 0 nitrogen and oxygen atoms in total. The average Bonchev–Trinajstić information content (AvgIpc) is 3.64. The predicted octanol–water partition coefficient (Wildman–Crippen LogP) is 17.4. The van der Waals surface area contributed by atoms with Crippen LogP contribution >= 0.6 is 0 Å². The first kappa shape index (κ1) is 42.6. The summed E-state index contributed by atoms with van der Waals surface area (Å²) in [5.41, 5.74) is 28.3. The van der Waals surface area contributed by atoms with Crippen molar-refractivity contribution in [2.45, 2.75) is 39.5 Å². The molecule has 0 atom stereocenters. The molecule has 9 aromatic carbocycles. The predicted molar refractivity (Wildman–Crippen MR) is 292 cm³/mol. The van der Waals surface area contributed by atoms with E-state index in [2.05, 4.69) is 257 Å². The van der Waals surface area contributed by atoms with Gasteiger partial charge >= 0.3 is 0 Å². The van der Waals surface area contributed by atoms with Crippen molar-refractivity contribution in [2.75, 3.05) is 0 Å². The van der Waals surface area contributed by atoms with Crippen LogP contribution in [0.2, 0.25) is 0 Å².